The number of hydrogen-bond acceptors (Lipinski definition) is 20. The van der Waals surface area contributed by atoms with Gasteiger partial charge in [-0.25, -0.2) is 5.26 Å². The Hall–Kier alpha value is -4.49. The molecule has 1 aliphatic carbocycles. The molecule has 3 rings (SSSR count). The monoisotopic (exact) mass is 614 g/mol. The number of carbonyl (C=O) groups is 3. The van der Waals surface area contributed by atoms with Crippen LogP contribution >= 0.6 is 0 Å². The van der Waals surface area contributed by atoms with Gasteiger partial charge in [-0.3, -0.25) is 14.4 Å². The van der Waals surface area contributed by atoms with Crippen LogP contribution in [0.5, 0.6) is 11.5 Å². The van der Waals surface area contributed by atoms with Crippen molar-refractivity contribution in [1.82, 2.24) is 0 Å². The van der Waals surface area contributed by atoms with Gasteiger partial charge in [-0.1, -0.05) is 42.5 Å². The highest BCUT2D eigenvalue weighted by atomic mass is 18.0. The van der Waals surface area contributed by atoms with Gasteiger partial charge in [-0.15, -0.1) is 0 Å². The van der Waals surface area contributed by atoms with E-state index in [0.29, 0.717) is 0 Å². The molecule has 0 heterocycles. The van der Waals surface area contributed by atoms with Crippen LogP contribution in [0.25, 0.3) is 5.76 Å². The predicted octanol–water partition coefficient (Wildman–Crippen LogP) is 3.23. The van der Waals surface area contributed by atoms with Crippen LogP contribution in [0, 0.1) is 0 Å². The molecule has 0 spiro atoms. The van der Waals surface area contributed by atoms with Crippen LogP contribution in [0.15, 0.2) is 77.9 Å². The third-order valence-electron chi connectivity index (χ3n) is 4.53. The number of benzene rings is 2. The SMILES string of the molecule is CC(=O)Oc1ccccc1C(=O)C1=CC=C/C1=C(/OOOOOOOOOOOOOOO)c1ccccc1OC(C)=O. The Labute approximate surface area is 238 Å². The molecule has 20 heteroatoms. The Morgan fingerprint density at radius 3 is 1.60 bits per heavy atom. The van der Waals surface area contributed by atoms with Crippen LogP contribution in [0.1, 0.15) is 29.8 Å². The Kier molecular flexibility index (Phi) is 13.9. The van der Waals surface area contributed by atoms with Gasteiger partial charge in [0, 0.05) is 60.3 Å². The number of carbonyl (C=O) groups excluding carboxylic acids is 3. The number of esters is 2. The molecule has 1 aliphatic rings. The molecule has 0 saturated carbocycles. The van der Waals surface area contributed by atoms with Crippen molar-refractivity contribution in [2.75, 3.05) is 0 Å². The largest absolute Gasteiger partial charge is 0.426 e. The number of hydrogen-bond donors (Lipinski definition) is 1. The molecule has 0 saturated heterocycles. The van der Waals surface area contributed by atoms with Crippen molar-refractivity contribution in [3.8, 4) is 11.5 Å². The Bertz CT molecular complexity index is 1330. The van der Waals surface area contributed by atoms with Crippen molar-refractivity contribution >= 4 is 23.5 Å². The number of ketones is 1. The molecule has 0 unspecified atom stereocenters. The van der Waals surface area contributed by atoms with Crippen LogP contribution in [-0.2, 0) is 80.0 Å². The fourth-order valence-corrected chi connectivity index (χ4v) is 3.17. The summed E-state index contributed by atoms with van der Waals surface area (Å²) in [5.41, 5.74) is 0.378. The highest BCUT2D eigenvalue weighted by molar-refractivity contribution is 6.15. The highest BCUT2D eigenvalue weighted by Gasteiger charge is 2.27. The first-order valence-electron chi connectivity index (χ1n) is 11.1. The quantitative estimate of drug-likeness (QED) is 0.0456. The zero-order valence-electron chi connectivity index (χ0n) is 21.6. The van der Waals surface area contributed by atoms with Crippen molar-refractivity contribution in [2.45, 2.75) is 13.8 Å². The van der Waals surface area contributed by atoms with Gasteiger partial charge in [0.15, 0.2) is 11.5 Å². The van der Waals surface area contributed by atoms with Crippen LogP contribution in [0.2, 0.25) is 0 Å². The summed E-state index contributed by atoms with van der Waals surface area (Å²) >= 11 is 0. The number of para-hydroxylation sites is 2. The van der Waals surface area contributed by atoms with Crippen LogP contribution < -0.4 is 9.47 Å². The Morgan fingerprint density at radius 1 is 0.605 bits per heavy atom. The molecular weight excluding hydrogens is 596 g/mol. The lowest BCUT2D eigenvalue weighted by Crippen LogP contribution is -2.12. The second-order valence-corrected chi connectivity index (χ2v) is 7.17. The summed E-state index contributed by atoms with van der Waals surface area (Å²) in [5.74, 6) is -2.02. The second-order valence-electron chi connectivity index (χ2n) is 7.17. The summed E-state index contributed by atoms with van der Waals surface area (Å²) in [6, 6.07) is 12.2. The summed E-state index contributed by atoms with van der Waals surface area (Å²) in [7, 11) is 0. The molecule has 43 heavy (non-hydrogen) atoms. The first kappa shape index (κ1) is 33.0. The molecule has 0 atom stereocenters. The van der Waals surface area contributed by atoms with E-state index in [0.717, 1.165) is 0 Å². The molecule has 0 amide bonds. The first-order valence-corrected chi connectivity index (χ1v) is 11.1. The van der Waals surface area contributed by atoms with Crippen molar-refractivity contribution in [2.24, 2.45) is 0 Å². The molecule has 0 bridgehead atoms. The average molecular weight is 614 g/mol. The van der Waals surface area contributed by atoms with Gasteiger partial charge in [-0.2, -0.15) is 0 Å². The van der Waals surface area contributed by atoms with E-state index in [1.54, 1.807) is 24.3 Å². The summed E-state index contributed by atoms with van der Waals surface area (Å²) < 4.78 is 10.4. The summed E-state index contributed by atoms with van der Waals surface area (Å²) in [5, 5.41) is 55.9. The van der Waals surface area contributed by atoms with E-state index >= 15 is 0 Å². The normalized spacial score (nSPS) is 13.4. The average Bonchev–Trinajstić information content (AvgIpc) is 3.47. The van der Waals surface area contributed by atoms with Gasteiger partial charge in [-0.05, 0) is 54.5 Å². The van der Waals surface area contributed by atoms with E-state index in [1.165, 1.54) is 56.3 Å². The highest BCUT2D eigenvalue weighted by Crippen LogP contribution is 2.37. The van der Waals surface area contributed by atoms with E-state index in [2.05, 4.69) is 65.5 Å². The van der Waals surface area contributed by atoms with Gasteiger partial charge < -0.3 is 14.4 Å². The minimum Gasteiger partial charge on any atom is -0.426 e. The van der Waals surface area contributed by atoms with Crippen LogP contribution in [0.3, 0.4) is 0 Å². The topological polar surface area (TPSA) is 219 Å². The molecule has 0 aromatic heterocycles. The maximum atomic E-state index is 13.6. The molecule has 0 radical (unpaired) electrons. The summed E-state index contributed by atoms with van der Waals surface area (Å²) in [6.07, 6.45) is 4.47. The van der Waals surface area contributed by atoms with Gasteiger partial charge >= 0.3 is 11.9 Å². The molecule has 230 valence electrons. The second kappa shape index (κ2) is 18.1. The fourth-order valence-electron chi connectivity index (χ4n) is 3.17. The maximum Gasteiger partial charge on any atom is 0.308 e. The summed E-state index contributed by atoms with van der Waals surface area (Å²) in [6.45, 7) is 2.37. The first-order chi connectivity index (χ1) is 20.9. The van der Waals surface area contributed by atoms with E-state index in [1.807, 2.05) is 0 Å². The van der Waals surface area contributed by atoms with Crippen molar-refractivity contribution in [3.63, 3.8) is 0 Å². The van der Waals surface area contributed by atoms with Gasteiger partial charge in [0.2, 0.25) is 0 Å². The van der Waals surface area contributed by atoms with Crippen molar-refractivity contribution in [3.05, 3.63) is 89.0 Å². The smallest absolute Gasteiger partial charge is 0.308 e. The number of rotatable bonds is 19. The molecule has 0 aliphatic heterocycles. The zero-order chi connectivity index (χ0) is 30.9. The predicted molar refractivity (Wildman–Crippen MR) is 122 cm³/mol. The van der Waals surface area contributed by atoms with Gasteiger partial charge in [0.1, 0.15) is 11.5 Å². The third-order valence-corrected chi connectivity index (χ3v) is 4.53. The molecule has 1 N–H and O–H groups in total. The minimum atomic E-state index is -0.657. The zero-order valence-corrected chi connectivity index (χ0v) is 21.6. The lowest BCUT2D eigenvalue weighted by molar-refractivity contribution is -0.878. The standard InChI is InChI=1S/C23H18O20/c1-14(24)28-20-12-5-3-8-18(20)22(26)16-10-7-11-17(16)23(19-9-4-6-13-21(19)29-15(2)25)30-32-34-36-38-40-42-43-41-39-37-35-33-31-27/h3-13,27H,1-2H3/b23-17-. The van der Waals surface area contributed by atoms with E-state index < -0.39 is 17.7 Å². The molecule has 20 nitrogen and oxygen atoms in total. The third kappa shape index (κ3) is 10.7. The van der Waals surface area contributed by atoms with E-state index in [4.69, 9.17) is 19.6 Å². The summed E-state index contributed by atoms with van der Waals surface area (Å²) in [4.78, 5) is 42.0. The Morgan fingerprint density at radius 2 is 1.07 bits per heavy atom. The minimum absolute atomic E-state index is 0.0200. The lowest BCUT2D eigenvalue weighted by atomic mass is 9.95. The van der Waals surface area contributed by atoms with Crippen molar-refractivity contribution in [1.29, 1.82) is 0 Å². The van der Waals surface area contributed by atoms with E-state index in [9.17, 15) is 14.4 Å². The van der Waals surface area contributed by atoms with Crippen molar-refractivity contribution < 1.29 is 99.5 Å². The van der Waals surface area contributed by atoms with Gasteiger partial charge in [0.05, 0.1) is 11.1 Å². The maximum absolute atomic E-state index is 13.6. The molecule has 2 aromatic rings. The van der Waals surface area contributed by atoms with Gasteiger partial charge in [0.25, 0.3) is 0 Å². The number of Topliss-reactive ketones (excluding diaryl/α,β-unsaturated/α-hetero) is 1. The van der Waals surface area contributed by atoms with Crippen LogP contribution in [-0.4, -0.2) is 23.0 Å². The number of allylic oxidation sites excluding steroid dienone is 5. The molecule has 0 fully saturated rings. The van der Waals surface area contributed by atoms with E-state index in [-0.39, 0.29) is 39.5 Å². The number of ether oxygens (including phenoxy) is 2. The molecule has 2 aromatic carbocycles. The van der Waals surface area contributed by atoms with Crippen LogP contribution in [0.4, 0.5) is 0 Å². The Balaban J connectivity index is 1.71. The molecular formula is C23H18O20. The lowest BCUT2D eigenvalue weighted by Gasteiger charge is -2.15. The fraction of sp³-hybridized carbons (Fsp3) is 0.0870.